The fourth-order valence-corrected chi connectivity index (χ4v) is 3.69. The summed E-state index contributed by atoms with van der Waals surface area (Å²) >= 11 is 0. The normalized spacial score (nSPS) is 16.5. The monoisotopic (exact) mass is 390 g/mol. The summed E-state index contributed by atoms with van der Waals surface area (Å²) in [7, 11) is 1.66. The van der Waals surface area contributed by atoms with E-state index >= 15 is 0 Å². The van der Waals surface area contributed by atoms with E-state index in [0.717, 1.165) is 48.7 Å². The number of rotatable bonds is 6. The highest BCUT2D eigenvalue weighted by Gasteiger charge is 2.23. The average molecular weight is 390 g/mol. The van der Waals surface area contributed by atoms with Crippen LogP contribution >= 0.6 is 0 Å². The molecule has 1 atom stereocenters. The molecule has 29 heavy (non-hydrogen) atoms. The summed E-state index contributed by atoms with van der Waals surface area (Å²) < 4.78 is 11.2. The summed E-state index contributed by atoms with van der Waals surface area (Å²) in [5.74, 6) is 2.82. The molecule has 0 aliphatic carbocycles. The minimum Gasteiger partial charge on any atom is -0.497 e. The second-order valence-electron chi connectivity index (χ2n) is 7.40. The van der Waals surface area contributed by atoms with Gasteiger partial charge in [-0.25, -0.2) is 4.98 Å². The van der Waals surface area contributed by atoms with Crippen LogP contribution in [0.3, 0.4) is 0 Å². The van der Waals surface area contributed by atoms with E-state index in [2.05, 4.69) is 34.2 Å². The van der Waals surface area contributed by atoms with Gasteiger partial charge in [0, 0.05) is 24.6 Å². The maximum Gasteiger partial charge on any atom is 0.245 e. The number of ether oxygens (including phenoxy) is 2. The summed E-state index contributed by atoms with van der Waals surface area (Å²) in [6.07, 6.45) is 3.96. The zero-order chi connectivity index (χ0) is 20.1. The first kappa shape index (κ1) is 19.2. The van der Waals surface area contributed by atoms with Crippen LogP contribution in [0, 0.1) is 12.8 Å². The van der Waals surface area contributed by atoms with Crippen molar-refractivity contribution in [3.05, 3.63) is 60.3 Å². The number of aromatic nitrogens is 3. The van der Waals surface area contributed by atoms with E-state index < -0.39 is 0 Å². The van der Waals surface area contributed by atoms with Gasteiger partial charge in [0.1, 0.15) is 11.5 Å². The summed E-state index contributed by atoms with van der Waals surface area (Å²) in [4.78, 5) is 7.02. The van der Waals surface area contributed by atoms with E-state index in [1.165, 1.54) is 5.56 Å². The van der Waals surface area contributed by atoms with E-state index in [-0.39, 0.29) is 0 Å². The van der Waals surface area contributed by atoms with E-state index in [0.29, 0.717) is 18.5 Å². The molecule has 2 aromatic carbocycles. The predicted octanol–water partition coefficient (Wildman–Crippen LogP) is 4.15. The Hall–Kier alpha value is -3.15. The lowest BCUT2D eigenvalue weighted by atomic mass is 9.99. The van der Waals surface area contributed by atoms with Gasteiger partial charge in [-0.2, -0.15) is 5.10 Å². The lowest BCUT2D eigenvalue weighted by Crippen LogP contribution is -2.38. The van der Waals surface area contributed by atoms with Crippen molar-refractivity contribution in [2.24, 2.45) is 5.92 Å². The maximum absolute atomic E-state index is 6.00. The number of aryl methyl sites for hydroxylation is 1. The smallest absolute Gasteiger partial charge is 0.245 e. The van der Waals surface area contributed by atoms with Crippen molar-refractivity contribution in [2.75, 3.05) is 31.7 Å². The molecule has 0 saturated carbocycles. The van der Waals surface area contributed by atoms with Crippen LogP contribution in [0.25, 0.3) is 11.3 Å². The van der Waals surface area contributed by atoms with Crippen LogP contribution in [0.2, 0.25) is 0 Å². The van der Waals surface area contributed by atoms with Crippen LogP contribution in [0.1, 0.15) is 18.4 Å². The Labute approximate surface area is 171 Å². The van der Waals surface area contributed by atoms with Gasteiger partial charge >= 0.3 is 0 Å². The molecule has 2 heterocycles. The molecular formula is C23H26N4O2. The SMILES string of the molecule is COc1ccc(OC[C@@H]2CCCN(c3nncc(-c4ccccc4C)n3)C2)cc1. The number of benzene rings is 2. The second kappa shape index (κ2) is 8.90. The van der Waals surface area contributed by atoms with Crippen LogP contribution in [-0.4, -0.2) is 42.0 Å². The van der Waals surface area contributed by atoms with Gasteiger partial charge in [-0.05, 0) is 49.6 Å². The van der Waals surface area contributed by atoms with E-state index in [4.69, 9.17) is 14.5 Å². The van der Waals surface area contributed by atoms with Gasteiger partial charge in [0.05, 0.1) is 25.6 Å². The lowest BCUT2D eigenvalue weighted by Gasteiger charge is -2.32. The molecule has 4 rings (SSSR count). The first-order valence-corrected chi connectivity index (χ1v) is 10.0. The van der Waals surface area contributed by atoms with E-state index in [9.17, 15) is 0 Å². The van der Waals surface area contributed by atoms with Crippen LogP contribution in [-0.2, 0) is 0 Å². The third-order valence-electron chi connectivity index (χ3n) is 5.32. The molecule has 6 nitrogen and oxygen atoms in total. The van der Waals surface area contributed by atoms with Gasteiger partial charge in [-0.15, -0.1) is 5.10 Å². The predicted molar refractivity (Wildman–Crippen MR) is 113 cm³/mol. The molecule has 1 fully saturated rings. The van der Waals surface area contributed by atoms with Gasteiger partial charge in [-0.1, -0.05) is 24.3 Å². The zero-order valence-electron chi connectivity index (χ0n) is 16.9. The first-order valence-electron chi connectivity index (χ1n) is 10.0. The number of anilines is 1. The highest BCUT2D eigenvalue weighted by molar-refractivity contribution is 5.63. The zero-order valence-corrected chi connectivity index (χ0v) is 16.9. The van der Waals surface area contributed by atoms with Gasteiger partial charge < -0.3 is 14.4 Å². The fourth-order valence-electron chi connectivity index (χ4n) is 3.69. The standard InChI is InChI=1S/C23H26N4O2/c1-17-6-3-4-8-21(17)22-14-24-26-23(25-22)27-13-5-7-18(15-27)16-29-20-11-9-19(28-2)10-12-20/h3-4,6,8-12,14,18H,5,7,13,15-16H2,1-2H3/t18-/m1/s1. The van der Waals surface area contributed by atoms with Gasteiger partial charge in [-0.3, -0.25) is 0 Å². The van der Waals surface area contributed by atoms with Gasteiger partial charge in [0.2, 0.25) is 5.95 Å². The lowest BCUT2D eigenvalue weighted by molar-refractivity contribution is 0.228. The van der Waals surface area contributed by atoms with Crippen molar-refractivity contribution < 1.29 is 9.47 Å². The third-order valence-corrected chi connectivity index (χ3v) is 5.32. The topological polar surface area (TPSA) is 60.4 Å². The van der Waals surface area contributed by atoms with Crippen LogP contribution in [0.5, 0.6) is 11.5 Å². The molecule has 6 heteroatoms. The molecule has 1 aromatic heterocycles. The molecule has 0 N–H and O–H groups in total. The highest BCUT2D eigenvalue weighted by atomic mass is 16.5. The minimum absolute atomic E-state index is 0.427. The molecule has 0 radical (unpaired) electrons. The van der Waals surface area contributed by atoms with Crippen molar-refractivity contribution in [2.45, 2.75) is 19.8 Å². The Bertz CT molecular complexity index is 946. The van der Waals surface area contributed by atoms with Crippen molar-refractivity contribution in [1.29, 1.82) is 0 Å². The van der Waals surface area contributed by atoms with Crippen molar-refractivity contribution in [3.8, 4) is 22.8 Å². The van der Waals surface area contributed by atoms with Crippen LogP contribution in [0.4, 0.5) is 5.95 Å². The highest BCUT2D eigenvalue weighted by Crippen LogP contribution is 2.25. The molecule has 1 aliphatic rings. The largest absolute Gasteiger partial charge is 0.497 e. The van der Waals surface area contributed by atoms with Crippen molar-refractivity contribution >= 4 is 5.95 Å². The number of hydrogen-bond acceptors (Lipinski definition) is 6. The molecule has 1 aliphatic heterocycles. The third kappa shape index (κ3) is 4.65. The Morgan fingerprint density at radius 3 is 2.66 bits per heavy atom. The van der Waals surface area contributed by atoms with Crippen LogP contribution < -0.4 is 14.4 Å². The fraction of sp³-hybridized carbons (Fsp3) is 0.348. The summed E-state index contributed by atoms with van der Waals surface area (Å²) in [6, 6.07) is 15.9. The number of methoxy groups -OCH3 is 1. The molecule has 1 saturated heterocycles. The van der Waals surface area contributed by atoms with Crippen molar-refractivity contribution in [1.82, 2.24) is 15.2 Å². The molecule has 3 aromatic rings. The van der Waals surface area contributed by atoms with Gasteiger partial charge in [0.25, 0.3) is 0 Å². The Morgan fingerprint density at radius 2 is 1.86 bits per heavy atom. The molecule has 0 amide bonds. The second-order valence-corrected chi connectivity index (χ2v) is 7.40. The number of piperidine rings is 1. The Balaban J connectivity index is 1.41. The van der Waals surface area contributed by atoms with E-state index in [1.807, 2.05) is 36.4 Å². The minimum atomic E-state index is 0.427. The first-order chi connectivity index (χ1) is 14.2. The summed E-state index contributed by atoms with van der Waals surface area (Å²) in [5, 5.41) is 8.52. The molecule has 0 bridgehead atoms. The van der Waals surface area contributed by atoms with E-state index in [1.54, 1.807) is 13.3 Å². The van der Waals surface area contributed by atoms with Crippen molar-refractivity contribution in [3.63, 3.8) is 0 Å². The average Bonchev–Trinajstić information content (AvgIpc) is 2.79. The molecule has 150 valence electrons. The number of hydrogen-bond donors (Lipinski definition) is 0. The molecule has 0 spiro atoms. The molecule has 0 unspecified atom stereocenters. The van der Waals surface area contributed by atoms with Crippen LogP contribution in [0.15, 0.2) is 54.7 Å². The Morgan fingerprint density at radius 1 is 1.07 bits per heavy atom. The summed E-state index contributed by atoms with van der Waals surface area (Å²) in [5.41, 5.74) is 3.15. The number of nitrogens with zero attached hydrogens (tertiary/aromatic N) is 4. The Kier molecular flexibility index (Phi) is 5.89. The summed E-state index contributed by atoms with van der Waals surface area (Å²) in [6.45, 7) is 4.57. The van der Waals surface area contributed by atoms with Gasteiger partial charge in [0.15, 0.2) is 0 Å². The molecular weight excluding hydrogens is 364 g/mol. The maximum atomic E-state index is 6.00. The quantitative estimate of drug-likeness (QED) is 0.630.